The van der Waals surface area contributed by atoms with E-state index in [0.29, 0.717) is 17.2 Å². The highest BCUT2D eigenvalue weighted by Gasteiger charge is 2.23. The van der Waals surface area contributed by atoms with Crippen LogP contribution >= 0.6 is 23.2 Å². The molecule has 3 rings (SSSR count). The predicted molar refractivity (Wildman–Crippen MR) is 92.5 cm³/mol. The lowest BCUT2D eigenvalue weighted by Gasteiger charge is -2.14. The van der Waals surface area contributed by atoms with Crippen LogP contribution in [0.25, 0.3) is 0 Å². The number of anilines is 1. The van der Waals surface area contributed by atoms with Crippen LogP contribution in [-0.2, 0) is 9.53 Å². The number of rotatable bonds is 4. The maximum absolute atomic E-state index is 13.5. The molecule has 9 heteroatoms. The van der Waals surface area contributed by atoms with Gasteiger partial charge in [-0.2, -0.15) is 0 Å². The summed E-state index contributed by atoms with van der Waals surface area (Å²) in [7, 11) is 0. The van der Waals surface area contributed by atoms with Gasteiger partial charge in [0.2, 0.25) is 6.79 Å². The molecule has 2 aromatic rings. The van der Waals surface area contributed by atoms with Crippen LogP contribution < -0.4 is 14.8 Å². The van der Waals surface area contributed by atoms with Crippen molar-refractivity contribution in [1.29, 1.82) is 0 Å². The number of carbonyl (C=O) groups excluding carboxylic acids is 2. The minimum absolute atomic E-state index is 0.0789. The number of carbonyl (C=O) groups is 2. The van der Waals surface area contributed by atoms with Crippen molar-refractivity contribution >= 4 is 40.8 Å². The molecule has 1 amide bonds. The molecule has 1 N–H and O–H groups in total. The van der Waals surface area contributed by atoms with Crippen LogP contribution in [0.3, 0.4) is 0 Å². The summed E-state index contributed by atoms with van der Waals surface area (Å²) in [5, 5.41) is 2.28. The van der Waals surface area contributed by atoms with Gasteiger partial charge in [-0.15, -0.1) is 0 Å². The van der Waals surface area contributed by atoms with Crippen molar-refractivity contribution in [1.82, 2.24) is 0 Å². The molecule has 26 heavy (non-hydrogen) atoms. The van der Waals surface area contributed by atoms with E-state index in [-0.39, 0.29) is 22.4 Å². The van der Waals surface area contributed by atoms with Crippen LogP contribution in [0.1, 0.15) is 17.3 Å². The molecule has 1 aliphatic rings. The van der Waals surface area contributed by atoms with E-state index < -0.39 is 23.8 Å². The summed E-state index contributed by atoms with van der Waals surface area (Å²) < 4.78 is 28.9. The first-order valence-electron chi connectivity index (χ1n) is 7.41. The molecule has 1 aliphatic heterocycles. The van der Waals surface area contributed by atoms with Crippen LogP contribution in [0, 0.1) is 5.82 Å². The van der Waals surface area contributed by atoms with Crippen molar-refractivity contribution < 1.29 is 28.2 Å². The van der Waals surface area contributed by atoms with Crippen LogP contribution in [0.4, 0.5) is 10.1 Å². The highest BCUT2D eigenvalue weighted by molar-refractivity contribution is 6.36. The van der Waals surface area contributed by atoms with Crippen molar-refractivity contribution in [3.05, 3.63) is 51.8 Å². The maximum atomic E-state index is 13.5. The number of benzene rings is 2. The number of nitrogens with one attached hydrogen (secondary N) is 1. The summed E-state index contributed by atoms with van der Waals surface area (Å²) in [5.41, 5.74) is 0.217. The Kier molecular flexibility index (Phi) is 5.20. The van der Waals surface area contributed by atoms with Crippen LogP contribution in [0.15, 0.2) is 30.3 Å². The first-order valence-corrected chi connectivity index (χ1v) is 8.17. The first kappa shape index (κ1) is 18.3. The summed E-state index contributed by atoms with van der Waals surface area (Å²) in [5.74, 6) is -1.28. The normalized spacial score (nSPS) is 13.2. The van der Waals surface area contributed by atoms with E-state index in [4.69, 9.17) is 37.4 Å². The molecule has 0 radical (unpaired) electrons. The van der Waals surface area contributed by atoms with Gasteiger partial charge in [0.25, 0.3) is 5.91 Å². The lowest BCUT2D eigenvalue weighted by atomic mass is 10.2. The van der Waals surface area contributed by atoms with E-state index in [9.17, 15) is 14.0 Å². The highest BCUT2D eigenvalue weighted by Crippen LogP contribution is 2.34. The number of ether oxygens (including phenoxy) is 3. The zero-order chi connectivity index (χ0) is 18.8. The molecule has 0 saturated carbocycles. The summed E-state index contributed by atoms with van der Waals surface area (Å²) in [4.78, 5) is 24.3. The molecule has 0 saturated heterocycles. The average molecular weight is 400 g/mol. The second-order valence-corrected chi connectivity index (χ2v) is 6.17. The SMILES string of the molecule is C[C@@H](OC(=O)c1cc(F)c(Cl)cc1Cl)C(=O)Nc1ccc2c(c1)OCO2. The molecule has 1 heterocycles. The average Bonchev–Trinajstić information content (AvgIpc) is 3.05. The number of halogens is 3. The molecule has 0 spiro atoms. The number of hydrogen-bond acceptors (Lipinski definition) is 5. The zero-order valence-corrected chi connectivity index (χ0v) is 14.9. The standard InChI is InChI=1S/C17H12Cl2FNO5/c1-8(26-17(23)10-5-13(20)12(19)6-11(10)18)16(22)21-9-2-3-14-15(4-9)25-7-24-14/h2-6,8H,7H2,1H3,(H,21,22)/t8-/m1/s1. The number of hydrogen-bond donors (Lipinski definition) is 1. The molecule has 0 aromatic heterocycles. The van der Waals surface area contributed by atoms with E-state index in [1.54, 1.807) is 18.2 Å². The van der Waals surface area contributed by atoms with E-state index in [2.05, 4.69) is 5.32 Å². The lowest BCUT2D eigenvalue weighted by Crippen LogP contribution is -2.30. The largest absolute Gasteiger partial charge is 0.454 e. The molecule has 0 aliphatic carbocycles. The van der Waals surface area contributed by atoms with Crippen LogP contribution in [0.2, 0.25) is 10.0 Å². The Bertz CT molecular complexity index is 890. The molecule has 6 nitrogen and oxygen atoms in total. The third-order valence-electron chi connectivity index (χ3n) is 3.52. The third-order valence-corrected chi connectivity index (χ3v) is 4.13. The fourth-order valence-electron chi connectivity index (χ4n) is 2.17. The topological polar surface area (TPSA) is 73.9 Å². The Hall–Kier alpha value is -2.51. The highest BCUT2D eigenvalue weighted by atomic mass is 35.5. The zero-order valence-electron chi connectivity index (χ0n) is 13.3. The Morgan fingerprint density at radius 1 is 1.15 bits per heavy atom. The molecule has 0 fully saturated rings. The Balaban J connectivity index is 1.65. The summed E-state index contributed by atoms with van der Waals surface area (Å²) in [6.07, 6.45) is -1.15. The quantitative estimate of drug-likeness (QED) is 0.620. The summed E-state index contributed by atoms with van der Waals surface area (Å²) in [6.45, 7) is 1.49. The van der Waals surface area contributed by atoms with Gasteiger partial charge >= 0.3 is 5.97 Å². The Morgan fingerprint density at radius 2 is 1.88 bits per heavy atom. The molecule has 0 unspecified atom stereocenters. The van der Waals surface area contributed by atoms with Gasteiger partial charge in [-0.3, -0.25) is 4.79 Å². The summed E-state index contributed by atoms with van der Waals surface area (Å²) >= 11 is 11.4. The van der Waals surface area contributed by atoms with E-state index in [0.717, 1.165) is 12.1 Å². The Labute approximate surface area is 157 Å². The van der Waals surface area contributed by atoms with Gasteiger partial charge in [-0.1, -0.05) is 23.2 Å². The molecule has 136 valence electrons. The van der Waals surface area contributed by atoms with Gasteiger partial charge in [-0.25, -0.2) is 9.18 Å². The minimum atomic E-state index is -1.15. The van der Waals surface area contributed by atoms with Crippen molar-refractivity contribution in [3.8, 4) is 11.5 Å². The van der Waals surface area contributed by atoms with Gasteiger partial charge in [-0.05, 0) is 31.2 Å². The van der Waals surface area contributed by atoms with Gasteiger partial charge in [0.15, 0.2) is 17.6 Å². The van der Waals surface area contributed by atoms with E-state index >= 15 is 0 Å². The first-order chi connectivity index (χ1) is 12.3. The van der Waals surface area contributed by atoms with Crippen LogP contribution in [0.5, 0.6) is 11.5 Å². The molecule has 2 aromatic carbocycles. The third kappa shape index (κ3) is 3.84. The second-order valence-electron chi connectivity index (χ2n) is 5.35. The summed E-state index contributed by atoms with van der Waals surface area (Å²) in [6, 6.07) is 6.79. The Morgan fingerprint density at radius 3 is 2.65 bits per heavy atom. The van der Waals surface area contributed by atoms with Crippen molar-refractivity contribution in [2.24, 2.45) is 0 Å². The van der Waals surface area contributed by atoms with Gasteiger partial charge in [0.1, 0.15) is 5.82 Å². The number of fused-ring (bicyclic) bond motifs is 1. The van der Waals surface area contributed by atoms with Gasteiger partial charge in [0.05, 0.1) is 15.6 Å². The number of esters is 1. The fraction of sp³-hybridized carbons (Fsp3) is 0.176. The second kappa shape index (κ2) is 7.39. The van der Waals surface area contributed by atoms with E-state index in [1.807, 2.05) is 0 Å². The lowest BCUT2D eigenvalue weighted by molar-refractivity contribution is -0.123. The van der Waals surface area contributed by atoms with Crippen molar-refractivity contribution in [2.45, 2.75) is 13.0 Å². The number of amides is 1. The van der Waals surface area contributed by atoms with Crippen LogP contribution in [-0.4, -0.2) is 24.8 Å². The molecule has 1 atom stereocenters. The maximum Gasteiger partial charge on any atom is 0.340 e. The van der Waals surface area contributed by atoms with Gasteiger partial charge < -0.3 is 19.5 Å². The minimum Gasteiger partial charge on any atom is -0.454 e. The van der Waals surface area contributed by atoms with Crippen molar-refractivity contribution in [3.63, 3.8) is 0 Å². The van der Waals surface area contributed by atoms with Gasteiger partial charge in [0, 0.05) is 11.8 Å². The monoisotopic (exact) mass is 399 g/mol. The molecular formula is C17H12Cl2FNO5. The smallest absolute Gasteiger partial charge is 0.340 e. The molecular weight excluding hydrogens is 388 g/mol. The van der Waals surface area contributed by atoms with Crippen molar-refractivity contribution in [2.75, 3.05) is 12.1 Å². The molecule has 0 bridgehead atoms. The fourth-order valence-corrected chi connectivity index (χ4v) is 2.64. The predicted octanol–water partition coefficient (Wildman–Crippen LogP) is 4.05. The van der Waals surface area contributed by atoms with E-state index in [1.165, 1.54) is 6.92 Å².